The van der Waals surface area contributed by atoms with Crippen molar-refractivity contribution in [2.24, 2.45) is 12.8 Å². The van der Waals surface area contributed by atoms with Gasteiger partial charge in [-0.25, -0.2) is 14.8 Å². The van der Waals surface area contributed by atoms with Gasteiger partial charge in [0.15, 0.2) is 10.8 Å². The zero-order chi connectivity index (χ0) is 23.8. The minimum Gasteiger partial charge on any atom is -0.494 e. The van der Waals surface area contributed by atoms with Crippen LogP contribution in [0.15, 0.2) is 41.5 Å². The number of benzene rings is 1. The zero-order valence-electron chi connectivity index (χ0n) is 17.7. The monoisotopic (exact) mass is 478 g/mol. The Kier molecular flexibility index (Phi) is 6.13. The molecule has 4 rings (SSSR count). The fourth-order valence-corrected chi connectivity index (χ4v) is 4.24. The zero-order valence-corrected chi connectivity index (χ0v) is 18.5. The van der Waals surface area contributed by atoms with Gasteiger partial charge in [-0.3, -0.25) is 4.57 Å². The molecular weight excluding hydrogens is 457 g/mol. The van der Waals surface area contributed by atoms with Crippen LogP contribution in [0.5, 0.6) is 5.75 Å². The number of hydrogen-bond acceptors (Lipinski definition) is 7. The van der Waals surface area contributed by atoms with Crippen molar-refractivity contribution in [1.29, 1.82) is 0 Å². The first kappa shape index (κ1) is 22.8. The highest BCUT2D eigenvalue weighted by atomic mass is 32.1. The van der Waals surface area contributed by atoms with E-state index in [9.17, 15) is 18.0 Å². The number of pyridine rings is 1. The van der Waals surface area contributed by atoms with E-state index >= 15 is 0 Å². The van der Waals surface area contributed by atoms with Crippen LogP contribution in [0.3, 0.4) is 0 Å². The number of anilines is 1. The summed E-state index contributed by atoms with van der Waals surface area (Å²) in [7, 11) is 2.87. The number of aromatic amines is 1. The summed E-state index contributed by atoms with van der Waals surface area (Å²) in [6.45, 7) is 0.363. The lowest BCUT2D eigenvalue weighted by Gasteiger charge is -2.15. The van der Waals surface area contributed by atoms with Crippen LogP contribution in [-0.2, 0) is 19.6 Å². The number of aromatic nitrogens is 4. The third-order valence-corrected chi connectivity index (χ3v) is 6.11. The number of methoxy groups -OCH3 is 1. The smallest absolute Gasteiger partial charge is 0.437 e. The molecule has 0 saturated carbocycles. The van der Waals surface area contributed by atoms with Gasteiger partial charge in [0, 0.05) is 32.0 Å². The van der Waals surface area contributed by atoms with Crippen LogP contribution >= 0.6 is 11.3 Å². The van der Waals surface area contributed by atoms with Crippen LogP contribution < -0.4 is 21.5 Å². The van der Waals surface area contributed by atoms with Crippen LogP contribution in [0.25, 0.3) is 21.5 Å². The van der Waals surface area contributed by atoms with Gasteiger partial charge in [-0.2, -0.15) is 13.2 Å². The number of alkyl halides is 3. The van der Waals surface area contributed by atoms with Crippen LogP contribution in [0.4, 0.5) is 18.3 Å². The minimum absolute atomic E-state index is 0.177. The van der Waals surface area contributed by atoms with Crippen molar-refractivity contribution in [3.63, 3.8) is 0 Å². The largest absolute Gasteiger partial charge is 0.494 e. The second-order valence-corrected chi connectivity index (χ2v) is 8.52. The average Bonchev–Trinajstić information content (AvgIpc) is 3.36. The first-order valence-electron chi connectivity index (χ1n) is 9.90. The van der Waals surface area contributed by atoms with Crippen molar-refractivity contribution in [1.82, 2.24) is 19.5 Å². The maximum atomic E-state index is 13.0. The molecule has 12 heteroatoms. The maximum Gasteiger partial charge on any atom is 0.437 e. The van der Waals surface area contributed by atoms with Gasteiger partial charge in [-0.15, -0.1) is 0 Å². The Morgan fingerprint density at radius 3 is 2.79 bits per heavy atom. The molecule has 4 N–H and O–H groups in total. The van der Waals surface area contributed by atoms with E-state index in [1.807, 2.05) is 18.2 Å². The van der Waals surface area contributed by atoms with Gasteiger partial charge in [-0.05, 0) is 35.7 Å². The van der Waals surface area contributed by atoms with E-state index in [-0.39, 0.29) is 17.5 Å². The number of nitrogens with zero attached hydrogens (tertiary/aromatic N) is 3. The normalized spacial score (nSPS) is 12.8. The van der Waals surface area contributed by atoms with E-state index in [0.717, 1.165) is 27.7 Å². The number of nitrogens with one attached hydrogen (secondary N) is 2. The Morgan fingerprint density at radius 2 is 2.06 bits per heavy atom. The van der Waals surface area contributed by atoms with Gasteiger partial charge >= 0.3 is 11.9 Å². The highest BCUT2D eigenvalue weighted by molar-refractivity contribution is 7.18. The van der Waals surface area contributed by atoms with Crippen molar-refractivity contribution in [2.75, 3.05) is 19.0 Å². The molecule has 0 aliphatic rings. The Hall–Kier alpha value is -3.38. The molecule has 0 bridgehead atoms. The number of nitrogens with two attached hydrogens (primary N) is 1. The second kappa shape index (κ2) is 8.87. The molecule has 0 saturated heterocycles. The molecule has 0 fully saturated rings. The van der Waals surface area contributed by atoms with Gasteiger partial charge < -0.3 is 20.8 Å². The van der Waals surface area contributed by atoms with Gasteiger partial charge in [0.25, 0.3) is 0 Å². The molecule has 1 unspecified atom stereocenters. The number of rotatable bonds is 7. The number of fused-ring (bicyclic) bond motifs is 1. The molecule has 3 aromatic heterocycles. The fraction of sp³-hybridized carbons (Fsp3) is 0.286. The second-order valence-electron chi connectivity index (χ2n) is 7.49. The summed E-state index contributed by atoms with van der Waals surface area (Å²) in [5.74, 6) is -0.332. The number of hydrogen-bond donors (Lipinski definition) is 3. The number of H-pyrrole nitrogens is 1. The number of halogens is 3. The minimum atomic E-state index is -4.59. The summed E-state index contributed by atoms with van der Waals surface area (Å²) < 4.78 is 45.3. The Bertz CT molecular complexity index is 1340. The molecule has 3 heterocycles. The van der Waals surface area contributed by atoms with E-state index in [0.29, 0.717) is 23.7 Å². The average molecular weight is 479 g/mol. The van der Waals surface area contributed by atoms with Crippen LogP contribution in [-0.4, -0.2) is 39.2 Å². The van der Waals surface area contributed by atoms with Crippen molar-refractivity contribution in [2.45, 2.75) is 18.6 Å². The third-order valence-electron chi connectivity index (χ3n) is 5.11. The number of imidazole rings is 1. The van der Waals surface area contributed by atoms with Crippen molar-refractivity contribution in [3.8, 4) is 16.2 Å². The lowest BCUT2D eigenvalue weighted by molar-refractivity contribution is -0.142. The van der Waals surface area contributed by atoms with Gasteiger partial charge in [0.05, 0.1) is 23.0 Å². The topological polar surface area (TPSA) is 111 Å². The van der Waals surface area contributed by atoms with Crippen LogP contribution in [0, 0.1) is 0 Å². The predicted octanol–water partition coefficient (Wildman–Crippen LogP) is 3.39. The lowest BCUT2D eigenvalue weighted by atomic mass is 10.1. The van der Waals surface area contributed by atoms with E-state index < -0.39 is 11.9 Å². The van der Waals surface area contributed by atoms with Crippen molar-refractivity contribution < 1.29 is 17.9 Å². The highest BCUT2D eigenvalue weighted by Crippen LogP contribution is 2.35. The Labute approximate surface area is 190 Å². The third kappa shape index (κ3) is 4.86. The molecule has 0 radical (unpaired) electrons. The summed E-state index contributed by atoms with van der Waals surface area (Å²) in [5.41, 5.74) is 7.94. The number of aryl methyl sites for hydroxylation is 1. The highest BCUT2D eigenvalue weighted by Gasteiger charge is 2.36. The lowest BCUT2D eigenvalue weighted by Crippen LogP contribution is -2.31. The van der Waals surface area contributed by atoms with Gasteiger partial charge in [0.2, 0.25) is 0 Å². The maximum absolute atomic E-state index is 13.0. The van der Waals surface area contributed by atoms with Gasteiger partial charge in [-0.1, -0.05) is 17.4 Å². The Morgan fingerprint density at radius 1 is 1.27 bits per heavy atom. The molecule has 174 valence electrons. The molecule has 8 nitrogen and oxygen atoms in total. The SMILES string of the molecule is COc1cc(CC(N)CNc2ncc(-c3ccc4[nH]c(=O)n(C)c4c3)s2)cnc1C(F)(F)F. The van der Waals surface area contributed by atoms with E-state index in [1.165, 1.54) is 24.5 Å². The first-order valence-corrected chi connectivity index (χ1v) is 10.7. The van der Waals surface area contributed by atoms with E-state index in [2.05, 4.69) is 20.3 Å². The van der Waals surface area contributed by atoms with Crippen molar-refractivity contribution in [3.05, 3.63) is 58.4 Å². The first-order chi connectivity index (χ1) is 15.7. The summed E-state index contributed by atoms with van der Waals surface area (Å²) >= 11 is 1.43. The molecule has 0 amide bonds. The Balaban J connectivity index is 1.40. The molecule has 4 aromatic rings. The molecule has 0 aliphatic carbocycles. The molecule has 0 spiro atoms. The summed E-state index contributed by atoms with van der Waals surface area (Å²) in [4.78, 5) is 23.3. The van der Waals surface area contributed by atoms with Crippen LogP contribution in [0.2, 0.25) is 0 Å². The van der Waals surface area contributed by atoms with E-state index in [1.54, 1.807) is 17.8 Å². The molecule has 1 aromatic carbocycles. The van der Waals surface area contributed by atoms with Crippen LogP contribution in [0.1, 0.15) is 11.3 Å². The summed E-state index contributed by atoms with van der Waals surface area (Å²) in [6, 6.07) is 6.60. The fourth-order valence-electron chi connectivity index (χ4n) is 3.42. The van der Waals surface area contributed by atoms with Crippen molar-refractivity contribution >= 4 is 27.5 Å². The van der Waals surface area contributed by atoms with Gasteiger partial charge in [0.1, 0.15) is 5.75 Å². The molecule has 0 aliphatic heterocycles. The van der Waals surface area contributed by atoms with E-state index in [4.69, 9.17) is 10.5 Å². The number of ether oxygens (including phenoxy) is 1. The molecule has 1 atom stereocenters. The number of thiazole rings is 1. The molecule has 33 heavy (non-hydrogen) atoms. The summed E-state index contributed by atoms with van der Waals surface area (Å²) in [5, 5.41) is 3.82. The summed E-state index contributed by atoms with van der Waals surface area (Å²) in [6.07, 6.45) is -1.38. The predicted molar refractivity (Wildman–Crippen MR) is 121 cm³/mol. The quantitative estimate of drug-likeness (QED) is 0.376. The molecular formula is C21H21F3N6O2S. The standard InChI is InChI=1S/C21H21F3N6O2S/c1-30-15-7-12(3-4-14(15)29-20(30)31)17-10-28-19(33-17)27-9-13(25)5-11-6-16(32-2)18(26-8-11)21(22,23)24/h3-4,6-8,10,13H,5,9,25H2,1-2H3,(H,27,28)(H,29,31).